The van der Waals surface area contributed by atoms with Gasteiger partial charge in [0.05, 0.1) is 13.0 Å². The van der Waals surface area contributed by atoms with Crippen molar-refractivity contribution < 1.29 is 37.3 Å². The number of ether oxygens (including phenoxy) is 2. The maximum absolute atomic E-state index is 12.6. The highest BCUT2D eigenvalue weighted by Crippen LogP contribution is 2.28. The first-order chi connectivity index (χ1) is 12.2. The number of benzene rings is 1. The van der Waals surface area contributed by atoms with Crippen LogP contribution in [0.1, 0.15) is 24.8 Å². The second-order valence-electron chi connectivity index (χ2n) is 6.06. The zero-order valence-corrected chi connectivity index (χ0v) is 13.9. The molecule has 1 aliphatic heterocycles. The lowest BCUT2D eigenvalue weighted by molar-refractivity contribution is -0.171. The van der Waals surface area contributed by atoms with Crippen LogP contribution in [0.15, 0.2) is 30.3 Å². The van der Waals surface area contributed by atoms with Gasteiger partial charge in [-0.15, -0.1) is 0 Å². The van der Waals surface area contributed by atoms with Crippen molar-refractivity contribution in [3.05, 3.63) is 35.9 Å². The molecule has 9 heteroatoms. The van der Waals surface area contributed by atoms with Crippen LogP contribution in [0.4, 0.5) is 13.2 Å². The van der Waals surface area contributed by atoms with Gasteiger partial charge in [-0.05, 0) is 5.56 Å². The van der Waals surface area contributed by atoms with E-state index in [-0.39, 0.29) is 32.7 Å². The minimum absolute atomic E-state index is 0.0747. The lowest BCUT2D eigenvalue weighted by Crippen LogP contribution is -2.56. The van der Waals surface area contributed by atoms with Crippen LogP contribution < -0.4 is 5.32 Å². The smallest absolute Gasteiger partial charge is 0.391 e. The number of carbonyl (C=O) groups excluding carboxylic acids is 1. The molecule has 1 aromatic rings. The molecule has 1 fully saturated rings. The van der Waals surface area contributed by atoms with Crippen LogP contribution in [-0.4, -0.2) is 48.0 Å². The summed E-state index contributed by atoms with van der Waals surface area (Å²) in [6.45, 7) is 0.462. The van der Waals surface area contributed by atoms with Crippen LogP contribution in [0.25, 0.3) is 0 Å². The van der Waals surface area contributed by atoms with Gasteiger partial charge in [0.25, 0.3) is 5.91 Å². The van der Waals surface area contributed by atoms with Crippen molar-refractivity contribution >= 4 is 11.9 Å². The fourth-order valence-electron chi connectivity index (χ4n) is 2.66. The van der Waals surface area contributed by atoms with Gasteiger partial charge in [-0.3, -0.25) is 4.79 Å². The summed E-state index contributed by atoms with van der Waals surface area (Å²) in [5, 5.41) is 11.0. The molecule has 6 nitrogen and oxygen atoms in total. The van der Waals surface area contributed by atoms with E-state index in [1.54, 1.807) is 24.3 Å². The molecule has 1 atom stereocenters. The van der Waals surface area contributed by atoms with Crippen molar-refractivity contribution in [1.82, 2.24) is 5.32 Å². The SMILES string of the molecule is O=C(O)C(CC(F)(F)F)NC(=O)C1(OCc2ccccc2)CCOCC1. The lowest BCUT2D eigenvalue weighted by atomic mass is 9.92. The maximum Gasteiger partial charge on any atom is 0.391 e. The van der Waals surface area contributed by atoms with Crippen molar-refractivity contribution in [1.29, 1.82) is 0 Å². The molecule has 1 saturated heterocycles. The average molecular weight is 375 g/mol. The molecule has 2 N–H and O–H groups in total. The fourth-order valence-corrected chi connectivity index (χ4v) is 2.66. The Hall–Kier alpha value is -2.13. The topological polar surface area (TPSA) is 84.9 Å². The summed E-state index contributed by atoms with van der Waals surface area (Å²) in [7, 11) is 0. The Morgan fingerprint density at radius 1 is 1.23 bits per heavy atom. The summed E-state index contributed by atoms with van der Waals surface area (Å²) in [4.78, 5) is 23.7. The first-order valence-corrected chi connectivity index (χ1v) is 8.08. The van der Waals surface area contributed by atoms with Gasteiger partial charge >= 0.3 is 12.1 Å². The average Bonchev–Trinajstić information content (AvgIpc) is 2.60. The highest BCUT2D eigenvalue weighted by atomic mass is 19.4. The van der Waals surface area contributed by atoms with Crippen LogP contribution in [0.3, 0.4) is 0 Å². The third-order valence-electron chi connectivity index (χ3n) is 4.11. The van der Waals surface area contributed by atoms with E-state index in [9.17, 15) is 22.8 Å². The van der Waals surface area contributed by atoms with Gasteiger partial charge in [0.15, 0.2) is 5.60 Å². The van der Waals surface area contributed by atoms with E-state index in [1.165, 1.54) is 0 Å². The Morgan fingerprint density at radius 3 is 2.38 bits per heavy atom. The summed E-state index contributed by atoms with van der Waals surface area (Å²) >= 11 is 0. The lowest BCUT2D eigenvalue weighted by Gasteiger charge is -2.36. The molecular formula is C17H20F3NO5. The molecule has 2 rings (SSSR count). The first-order valence-electron chi connectivity index (χ1n) is 8.08. The number of halogens is 3. The Labute approximate surface area is 148 Å². The van der Waals surface area contributed by atoms with Crippen LogP contribution in [0.2, 0.25) is 0 Å². The summed E-state index contributed by atoms with van der Waals surface area (Å²) < 4.78 is 48.6. The molecule has 1 unspecified atom stereocenters. The first kappa shape index (κ1) is 20.2. The van der Waals surface area contributed by atoms with E-state index in [0.717, 1.165) is 5.56 Å². The van der Waals surface area contributed by atoms with Crippen molar-refractivity contribution in [3.63, 3.8) is 0 Å². The van der Waals surface area contributed by atoms with Gasteiger partial charge in [-0.1, -0.05) is 30.3 Å². The monoisotopic (exact) mass is 375 g/mol. The predicted molar refractivity (Wildman–Crippen MR) is 84.3 cm³/mol. The third-order valence-corrected chi connectivity index (χ3v) is 4.11. The van der Waals surface area contributed by atoms with E-state index in [0.29, 0.717) is 0 Å². The van der Waals surface area contributed by atoms with E-state index in [4.69, 9.17) is 14.6 Å². The van der Waals surface area contributed by atoms with Crippen molar-refractivity contribution in [2.75, 3.05) is 13.2 Å². The van der Waals surface area contributed by atoms with E-state index in [2.05, 4.69) is 0 Å². The number of carboxylic acids is 1. The van der Waals surface area contributed by atoms with Gasteiger partial charge in [-0.2, -0.15) is 13.2 Å². The van der Waals surface area contributed by atoms with Crippen molar-refractivity contribution in [3.8, 4) is 0 Å². The van der Waals surface area contributed by atoms with Crippen molar-refractivity contribution in [2.45, 2.75) is 43.7 Å². The number of aliphatic carboxylic acids is 1. The van der Waals surface area contributed by atoms with E-state index in [1.807, 2.05) is 11.4 Å². The zero-order chi connectivity index (χ0) is 19.2. The van der Waals surface area contributed by atoms with Gasteiger partial charge in [0.1, 0.15) is 6.04 Å². The van der Waals surface area contributed by atoms with Gasteiger partial charge in [0.2, 0.25) is 0 Å². The minimum Gasteiger partial charge on any atom is -0.480 e. The Kier molecular flexibility index (Phi) is 6.60. The Bertz CT molecular complexity index is 615. The third kappa shape index (κ3) is 5.70. The molecule has 0 aliphatic carbocycles. The molecule has 1 amide bonds. The number of amides is 1. The standard InChI is InChI=1S/C17H20F3NO5/c18-17(19,20)10-13(14(22)23)21-15(24)16(6-8-25-9-7-16)26-11-12-4-2-1-3-5-12/h1-5,13H,6-11H2,(H,21,24)(H,22,23). The van der Waals surface area contributed by atoms with E-state index >= 15 is 0 Å². The number of hydrogen-bond donors (Lipinski definition) is 2. The quantitative estimate of drug-likeness (QED) is 0.764. The zero-order valence-electron chi connectivity index (χ0n) is 13.9. The minimum atomic E-state index is -4.72. The number of rotatable bonds is 7. The van der Waals surface area contributed by atoms with Crippen LogP contribution in [0, 0.1) is 0 Å². The fraction of sp³-hybridized carbons (Fsp3) is 0.529. The number of nitrogens with one attached hydrogen (secondary N) is 1. The number of hydrogen-bond acceptors (Lipinski definition) is 4. The number of alkyl halides is 3. The molecule has 0 spiro atoms. The highest BCUT2D eigenvalue weighted by molar-refractivity contribution is 5.89. The summed E-state index contributed by atoms with van der Waals surface area (Å²) in [6, 6.07) is 6.90. The van der Waals surface area contributed by atoms with Gasteiger partial charge < -0.3 is 19.9 Å². The largest absolute Gasteiger partial charge is 0.480 e. The molecule has 1 aliphatic rings. The summed E-state index contributed by atoms with van der Waals surface area (Å²) in [5.41, 5.74) is -0.635. The molecule has 1 heterocycles. The molecule has 1 aromatic carbocycles. The summed E-state index contributed by atoms with van der Waals surface area (Å²) in [5.74, 6) is -2.62. The predicted octanol–water partition coefficient (Wildman–Crippen LogP) is 2.27. The van der Waals surface area contributed by atoms with Crippen molar-refractivity contribution in [2.24, 2.45) is 0 Å². The molecule has 0 radical (unpaired) electrons. The van der Waals surface area contributed by atoms with Gasteiger partial charge in [0, 0.05) is 26.1 Å². The molecule has 0 saturated carbocycles. The van der Waals surface area contributed by atoms with Gasteiger partial charge in [-0.25, -0.2) is 4.79 Å². The molecule has 0 bridgehead atoms. The van der Waals surface area contributed by atoms with Crippen LogP contribution in [0.5, 0.6) is 0 Å². The molecule has 144 valence electrons. The Balaban J connectivity index is 2.11. The Morgan fingerprint density at radius 2 is 1.85 bits per heavy atom. The van der Waals surface area contributed by atoms with E-state index < -0.39 is 36.1 Å². The second-order valence-corrected chi connectivity index (χ2v) is 6.06. The molecule has 0 aromatic heterocycles. The summed E-state index contributed by atoms with van der Waals surface area (Å²) in [6.07, 6.45) is -6.11. The maximum atomic E-state index is 12.6. The number of carboxylic acid groups (broad SMARTS) is 1. The second kappa shape index (κ2) is 8.50. The molecule has 26 heavy (non-hydrogen) atoms. The van der Waals surface area contributed by atoms with Crippen LogP contribution in [-0.2, 0) is 25.7 Å². The van der Waals surface area contributed by atoms with Crippen LogP contribution >= 0.6 is 0 Å². The molecular weight excluding hydrogens is 355 g/mol. The normalized spacial score (nSPS) is 18.1. The number of carbonyl (C=O) groups is 2. The highest BCUT2D eigenvalue weighted by Gasteiger charge is 2.44.